The van der Waals surface area contributed by atoms with Gasteiger partial charge in [0.05, 0.1) is 18.5 Å². The van der Waals surface area contributed by atoms with Gasteiger partial charge >= 0.3 is 0 Å². The first kappa shape index (κ1) is 19.8. The Morgan fingerprint density at radius 1 is 1.20 bits per heavy atom. The Hall–Kier alpha value is -2.16. The lowest BCUT2D eigenvalue weighted by molar-refractivity contribution is -0.115. The number of hydrogen-bond donors (Lipinski definition) is 1. The van der Waals surface area contributed by atoms with Crippen LogP contribution in [0.5, 0.6) is 0 Å². The van der Waals surface area contributed by atoms with Gasteiger partial charge in [-0.2, -0.15) is 0 Å². The van der Waals surface area contributed by atoms with Gasteiger partial charge in [0.15, 0.2) is 0 Å². The molecule has 6 nitrogen and oxygen atoms in total. The molecule has 1 saturated heterocycles. The number of morpholine rings is 1. The number of thiophene rings is 1. The van der Waals surface area contributed by atoms with E-state index < -0.39 is 0 Å². The largest absolute Gasteiger partial charge is 0.378 e. The van der Waals surface area contributed by atoms with Crippen LogP contribution >= 0.6 is 23.1 Å². The number of hydrogen-bond acceptors (Lipinski definition) is 7. The predicted octanol–water partition coefficient (Wildman–Crippen LogP) is 4.14. The van der Waals surface area contributed by atoms with Crippen molar-refractivity contribution in [3.05, 3.63) is 41.0 Å². The molecule has 1 aliphatic carbocycles. The van der Waals surface area contributed by atoms with E-state index in [4.69, 9.17) is 4.74 Å². The van der Waals surface area contributed by atoms with E-state index in [-0.39, 0.29) is 11.2 Å². The number of aryl methyl sites for hydroxylation is 2. The fourth-order valence-corrected chi connectivity index (χ4v) is 6.27. The Balaban J connectivity index is 1.26. The lowest BCUT2D eigenvalue weighted by atomic mass is 10.2. The van der Waals surface area contributed by atoms with Crippen molar-refractivity contribution in [2.75, 3.05) is 36.5 Å². The number of nitrogens with one attached hydrogen (secondary N) is 1. The number of ether oxygens (including phenoxy) is 1. The van der Waals surface area contributed by atoms with Gasteiger partial charge in [-0.3, -0.25) is 4.79 Å². The highest BCUT2D eigenvalue weighted by atomic mass is 32.2. The fraction of sp³-hybridized carbons (Fsp3) is 0.409. The Bertz CT molecular complexity index is 1060. The van der Waals surface area contributed by atoms with Crippen molar-refractivity contribution in [3.8, 4) is 0 Å². The van der Waals surface area contributed by atoms with Gasteiger partial charge in [0.1, 0.15) is 16.2 Å². The summed E-state index contributed by atoms with van der Waals surface area (Å²) in [5, 5.41) is 4.87. The molecule has 0 bridgehead atoms. The number of benzene rings is 1. The van der Waals surface area contributed by atoms with E-state index >= 15 is 0 Å². The van der Waals surface area contributed by atoms with E-state index in [0.29, 0.717) is 0 Å². The van der Waals surface area contributed by atoms with E-state index in [2.05, 4.69) is 32.3 Å². The summed E-state index contributed by atoms with van der Waals surface area (Å²) < 4.78 is 5.41. The molecule has 1 fully saturated rings. The molecular weight excluding hydrogens is 416 g/mol. The normalized spacial score (nSPS) is 17.2. The highest BCUT2D eigenvalue weighted by Crippen LogP contribution is 2.40. The van der Waals surface area contributed by atoms with E-state index in [1.807, 2.05) is 19.1 Å². The topological polar surface area (TPSA) is 67.4 Å². The zero-order valence-electron chi connectivity index (χ0n) is 16.9. The van der Waals surface area contributed by atoms with Gasteiger partial charge in [-0.05, 0) is 56.0 Å². The average Bonchev–Trinajstić information content (AvgIpc) is 3.36. The lowest BCUT2D eigenvalue weighted by Gasteiger charge is -2.28. The van der Waals surface area contributed by atoms with Gasteiger partial charge in [-0.1, -0.05) is 11.8 Å². The van der Waals surface area contributed by atoms with Crippen molar-refractivity contribution in [2.24, 2.45) is 0 Å². The minimum atomic E-state index is -0.251. The zero-order chi connectivity index (χ0) is 20.5. The molecule has 0 radical (unpaired) electrons. The average molecular weight is 441 g/mol. The first-order valence-electron chi connectivity index (χ1n) is 10.3. The molecule has 5 rings (SSSR count). The molecule has 156 valence electrons. The quantitative estimate of drug-likeness (QED) is 0.475. The van der Waals surface area contributed by atoms with E-state index in [1.54, 1.807) is 17.7 Å². The number of aromatic nitrogens is 2. The van der Waals surface area contributed by atoms with Crippen molar-refractivity contribution in [1.29, 1.82) is 0 Å². The molecule has 1 unspecified atom stereocenters. The van der Waals surface area contributed by atoms with Gasteiger partial charge in [0.25, 0.3) is 0 Å². The Kier molecular flexibility index (Phi) is 5.62. The monoisotopic (exact) mass is 440 g/mol. The second-order valence-corrected chi connectivity index (χ2v) is 10.0. The summed E-state index contributed by atoms with van der Waals surface area (Å²) >= 11 is 3.29. The maximum atomic E-state index is 12.8. The van der Waals surface area contributed by atoms with Crippen LogP contribution in [0.3, 0.4) is 0 Å². The molecule has 1 N–H and O–H groups in total. The van der Waals surface area contributed by atoms with Gasteiger partial charge in [0.2, 0.25) is 5.91 Å². The molecule has 3 aromatic rings. The smallest absolute Gasteiger partial charge is 0.237 e. The highest BCUT2D eigenvalue weighted by Gasteiger charge is 2.24. The maximum absolute atomic E-state index is 12.8. The summed E-state index contributed by atoms with van der Waals surface area (Å²) in [6, 6.07) is 8.05. The Morgan fingerprint density at radius 3 is 2.80 bits per heavy atom. The van der Waals surface area contributed by atoms with Crippen LogP contribution in [0.25, 0.3) is 10.2 Å². The van der Waals surface area contributed by atoms with E-state index in [9.17, 15) is 4.79 Å². The molecule has 1 aliphatic heterocycles. The van der Waals surface area contributed by atoms with Crippen molar-refractivity contribution in [1.82, 2.24) is 9.97 Å². The van der Waals surface area contributed by atoms with Gasteiger partial charge in [-0.15, -0.1) is 11.3 Å². The van der Waals surface area contributed by atoms with Crippen molar-refractivity contribution >= 4 is 50.6 Å². The lowest BCUT2D eigenvalue weighted by Crippen LogP contribution is -2.36. The van der Waals surface area contributed by atoms with Crippen molar-refractivity contribution < 1.29 is 9.53 Å². The molecule has 0 saturated carbocycles. The van der Waals surface area contributed by atoms with Crippen molar-refractivity contribution in [2.45, 2.75) is 36.5 Å². The standard InChI is InChI=1S/C22H24N4O2S2/c1-14(29-21-19-17-3-2-4-18(17)30-22(19)24-13-23-21)20(27)25-15-5-7-16(8-6-15)26-9-11-28-12-10-26/h5-8,13-14H,2-4,9-12H2,1H3,(H,25,27). The summed E-state index contributed by atoms with van der Waals surface area (Å²) in [5.41, 5.74) is 3.37. The number of thioether (sulfide) groups is 1. The number of nitrogens with zero attached hydrogens (tertiary/aromatic N) is 3. The predicted molar refractivity (Wildman–Crippen MR) is 123 cm³/mol. The third kappa shape index (κ3) is 3.91. The number of rotatable bonds is 5. The highest BCUT2D eigenvalue weighted by molar-refractivity contribution is 8.00. The Labute approximate surface area is 184 Å². The molecule has 2 aromatic heterocycles. The molecule has 1 atom stereocenters. The molecule has 8 heteroatoms. The third-order valence-electron chi connectivity index (χ3n) is 5.64. The first-order valence-corrected chi connectivity index (χ1v) is 12.0. The van der Waals surface area contributed by atoms with Crippen LogP contribution in [0.15, 0.2) is 35.6 Å². The third-order valence-corrected chi connectivity index (χ3v) is 7.94. The second kappa shape index (κ2) is 8.53. The minimum Gasteiger partial charge on any atom is -0.378 e. The molecule has 1 amide bonds. The van der Waals surface area contributed by atoms with Crippen LogP contribution < -0.4 is 10.2 Å². The van der Waals surface area contributed by atoms with Gasteiger partial charge < -0.3 is 15.0 Å². The zero-order valence-corrected chi connectivity index (χ0v) is 18.5. The maximum Gasteiger partial charge on any atom is 0.237 e. The van der Waals surface area contributed by atoms with Crippen LogP contribution in [0, 0.1) is 0 Å². The number of fused-ring (bicyclic) bond motifs is 3. The molecule has 3 heterocycles. The molecule has 30 heavy (non-hydrogen) atoms. The fourth-order valence-electron chi connectivity index (χ4n) is 4.03. The summed E-state index contributed by atoms with van der Waals surface area (Å²) in [7, 11) is 0. The summed E-state index contributed by atoms with van der Waals surface area (Å²) in [5.74, 6) is -0.0160. The van der Waals surface area contributed by atoms with Crippen molar-refractivity contribution in [3.63, 3.8) is 0 Å². The molecular formula is C22H24N4O2S2. The SMILES string of the molecule is CC(Sc1ncnc2sc3c(c12)CCC3)C(=O)Nc1ccc(N2CCOCC2)cc1. The van der Waals surface area contributed by atoms with Crippen LogP contribution in [-0.2, 0) is 22.4 Å². The number of carbonyl (C=O) groups excluding carboxylic acids is 1. The van der Waals surface area contributed by atoms with Crippen LogP contribution in [0.1, 0.15) is 23.8 Å². The van der Waals surface area contributed by atoms with Gasteiger partial charge in [0, 0.05) is 34.7 Å². The summed E-state index contributed by atoms with van der Waals surface area (Å²) in [6.45, 7) is 5.26. The molecule has 2 aliphatic rings. The minimum absolute atomic E-state index is 0.0160. The van der Waals surface area contributed by atoms with Crippen LogP contribution in [0.2, 0.25) is 0 Å². The Morgan fingerprint density at radius 2 is 2.00 bits per heavy atom. The second-order valence-electron chi connectivity index (χ2n) is 7.61. The summed E-state index contributed by atoms with van der Waals surface area (Å²) in [6.07, 6.45) is 5.04. The molecule has 1 aromatic carbocycles. The van der Waals surface area contributed by atoms with Crippen LogP contribution in [0.4, 0.5) is 11.4 Å². The number of carbonyl (C=O) groups is 1. The van der Waals surface area contributed by atoms with E-state index in [1.165, 1.54) is 28.6 Å². The number of anilines is 2. The first-order chi connectivity index (χ1) is 14.7. The summed E-state index contributed by atoms with van der Waals surface area (Å²) in [4.78, 5) is 26.6. The molecule has 0 spiro atoms. The van der Waals surface area contributed by atoms with Crippen LogP contribution in [-0.4, -0.2) is 47.4 Å². The van der Waals surface area contributed by atoms with E-state index in [0.717, 1.165) is 65.8 Å². The van der Waals surface area contributed by atoms with Gasteiger partial charge in [-0.25, -0.2) is 9.97 Å². The number of amides is 1.